The Morgan fingerprint density at radius 3 is 2.52 bits per heavy atom. The Morgan fingerprint density at radius 2 is 1.95 bits per heavy atom. The number of hydrogen-bond donors (Lipinski definition) is 1. The molecule has 2 heterocycles. The molecular formula is C16H29N3OS. The fourth-order valence-electron chi connectivity index (χ4n) is 2.41. The Balaban J connectivity index is 2.14. The lowest BCUT2D eigenvalue weighted by atomic mass is 9.91. The maximum Gasteiger partial charge on any atom is 0.186 e. The second-order valence-electron chi connectivity index (χ2n) is 7.14. The Bertz CT molecular complexity index is 445. The number of nitrogens with one attached hydrogen (secondary N) is 1. The van der Waals surface area contributed by atoms with Crippen LogP contribution in [0.1, 0.15) is 45.2 Å². The van der Waals surface area contributed by atoms with E-state index in [4.69, 9.17) is 9.72 Å². The highest BCUT2D eigenvalue weighted by Gasteiger charge is 2.25. The van der Waals surface area contributed by atoms with Crippen LogP contribution < -0.4 is 10.2 Å². The first-order valence-electron chi connectivity index (χ1n) is 7.91. The number of morpholine rings is 1. The van der Waals surface area contributed by atoms with Crippen molar-refractivity contribution < 1.29 is 4.74 Å². The highest BCUT2D eigenvalue weighted by molar-refractivity contribution is 7.15. The van der Waals surface area contributed by atoms with Crippen LogP contribution in [0.5, 0.6) is 0 Å². The summed E-state index contributed by atoms with van der Waals surface area (Å²) >= 11 is 1.84. The van der Waals surface area contributed by atoms with E-state index in [1.54, 1.807) is 0 Å². The molecule has 4 nitrogen and oxygen atoms in total. The molecule has 0 unspecified atom stereocenters. The Hall–Kier alpha value is -0.650. The van der Waals surface area contributed by atoms with Gasteiger partial charge in [0.05, 0.1) is 18.9 Å². The third-order valence-electron chi connectivity index (χ3n) is 3.52. The van der Waals surface area contributed by atoms with Gasteiger partial charge in [0.1, 0.15) is 0 Å². The maximum atomic E-state index is 5.44. The van der Waals surface area contributed by atoms with Gasteiger partial charge < -0.3 is 15.0 Å². The van der Waals surface area contributed by atoms with Gasteiger partial charge in [-0.05, 0) is 12.5 Å². The number of anilines is 1. The van der Waals surface area contributed by atoms with Gasteiger partial charge in [-0.2, -0.15) is 0 Å². The molecule has 1 aliphatic rings. The van der Waals surface area contributed by atoms with E-state index in [1.165, 1.54) is 10.6 Å². The number of aromatic nitrogens is 1. The predicted molar refractivity (Wildman–Crippen MR) is 90.4 cm³/mol. The van der Waals surface area contributed by atoms with Crippen LogP contribution in [0.2, 0.25) is 0 Å². The van der Waals surface area contributed by atoms with E-state index < -0.39 is 0 Å². The van der Waals surface area contributed by atoms with Crippen LogP contribution in [-0.4, -0.2) is 37.8 Å². The van der Waals surface area contributed by atoms with Crippen LogP contribution in [0.4, 0.5) is 5.13 Å². The minimum atomic E-state index is 0.0931. The van der Waals surface area contributed by atoms with Crippen molar-refractivity contribution in [3.8, 4) is 0 Å². The standard InChI is InChI=1S/C16H29N3OS/c1-12(2)10-17-11-13-14(16(3,4)5)18-15(21-13)19-6-8-20-9-7-19/h12,17H,6-11H2,1-5H3. The first kappa shape index (κ1) is 16.7. The van der Waals surface area contributed by atoms with Crippen molar-refractivity contribution in [1.29, 1.82) is 0 Å². The van der Waals surface area contributed by atoms with E-state index in [0.717, 1.165) is 44.5 Å². The first-order valence-corrected chi connectivity index (χ1v) is 8.73. The Labute approximate surface area is 132 Å². The molecule has 0 spiro atoms. The fraction of sp³-hybridized carbons (Fsp3) is 0.812. The maximum absolute atomic E-state index is 5.44. The summed E-state index contributed by atoms with van der Waals surface area (Å²) in [4.78, 5) is 8.69. The lowest BCUT2D eigenvalue weighted by Crippen LogP contribution is -2.36. The molecule has 0 aromatic carbocycles. The Morgan fingerprint density at radius 1 is 1.29 bits per heavy atom. The van der Waals surface area contributed by atoms with Gasteiger partial charge in [-0.25, -0.2) is 4.98 Å². The van der Waals surface area contributed by atoms with E-state index in [0.29, 0.717) is 5.92 Å². The molecular weight excluding hydrogens is 282 g/mol. The van der Waals surface area contributed by atoms with Gasteiger partial charge in [-0.1, -0.05) is 34.6 Å². The molecule has 1 N–H and O–H groups in total. The summed E-state index contributed by atoms with van der Waals surface area (Å²) in [5, 5.41) is 4.71. The molecule has 0 atom stereocenters. The quantitative estimate of drug-likeness (QED) is 0.907. The SMILES string of the molecule is CC(C)CNCc1sc(N2CCOCC2)nc1C(C)(C)C. The molecule has 0 amide bonds. The molecule has 1 aromatic rings. The molecule has 1 aromatic heterocycles. The molecule has 0 bridgehead atoms. The molecule has 5 heteroatoms. The summed E-state index contributed by atoms with van der Waals surface area (Å²) in [6.07, 6.45) is 0. The summed E-state index contributed by atoms with van der Waals surface area (Å²) in [5.74, 6) is 0.676. The van der Waals surface area contributed by atoms with E-state index in [1.807, 2.05) is 11.3 Å². The van der Waals surface area contributed by atoms with Gasteiger partial charge in [0.15, 0.2) is 5.13 Å². The van der Waals surface area contributed by atoms with Gasteiger partial charge >= 0.3 is 0 Å². The van der Waals surface area contributed by atoms with Crippen LogP contribution in [0.15, 0.2) is 0 Å². The zero-order valence-electron chi connectivity index (χ0n) is 14.0. The van der Waals surface area contributed by atoms with Gasteiger partial charge in [0.2, 0.25) is 0 Å². The largest absolute Gasteiger partial charge is 0.378 e. The monoisotopic (exact) mass is 311 g/mol. The summed E-state index contributed by atoms with van der Waals surface area (Å²) < 4.78 is 5.44. The molecule has 0 radical (unpaired) electrons. The lowest BCUT2D eigenvalue weighted by molar-refractivity contribution is 0.122. The molecule has 0 saturated carbocycles. The molecule has 0 aliphatic carbocycles. The van der Waals surface area contributed by atoms with Crippen molar-refractivity contribution in [1.82, 2.24) is 10.3 Å². The highest BCUT2D eigenvalue weighted by Crippen LogP contribution is 2.34. The van der Waals surface area contributed by atoms with Gasteiger partial charge in [0, 0.05) is 29.9 Å². The molecule has 21 heavy (non-hydrogen) atoms. The van der Waals surface area contributed by atoms with Gasteiger partial charge in [-0.15, -0.1) is 11.3 Å². The van der Waals surface area contributed by atoms with Crippen molar-refractivity contribution in [2.45, 2.75) is 46.6 Å². The number of ether oxygens (including phenoxy) is 1. The summed E-state index contributed by atoms with van der Waals surface area (Å²) in [6, 6.07) is 0. The number of nitrogens with zero attached hydrogens (tertiary/aromatic N) is 2. The summed E-state index contributed by atoms with van der Waals surface area (Å²) in [5.41, 5.74) is 1.33. The van der Waals surface area contributed by atoms with E-state index in [9.17, 15) is 0 Å². The predicted octanol–water partition coefficient (Wildman–Crippen LogP) is 3.02. The van der Waals surface area contributed by atoms with E-state index >= 15 is 0 Å². The topological polar surface area (TPSA) is 37.4 Å². The number of rotatable bonds is 5. The first-order chi connectivity index (χ1) is 9.88. The third-order valence-corrected chi connectivity index (χ3v) is 4.63. The molecule has 1 fully saturated rings. The number of hydrogen-bond acceptors (Lipinski definition) is 5. The average Bonchev–Trinajstić information content (AvgIpc) is 2.83. The minimum absolute atomic E-state index is 0.0931. The molecule has 2 rings (SSSR count). The van der Waals surface area contributed by atoms with Crippen LogP contribution >= 0.6 is 11.3 Å². The van der Waals surface area contributed by atoms with Crippen LogP contribution in [-0.2, 0) is 16.7 Å². The Kier molecular flexibility index (Phi) is 5.63. The zero-order valence-corrected chi connectivity index (χ0v) is 14.8. The molecule has 1 aliphatic heterocycles. The van der Waals surface area contributed by atoms with Crippen LogP contribution in [0.3, 0.4) is 0 Å². The summed E-state index contributed by atoms with van der Waals surface area (Å²) in [7, 11) is 0. The van der Waals surface area contributed by atoms with Crippen LogP contribution in [0, 0.1) is 5.92 Å². The van der Waals surface area contributed by atoms with Crippen molar-refractivity contribution in [2.75, 3.05) is 37.7 Å². The molecule has 1 saturated heterocycles. The fourth-order valence-corrected chi connectivity index (χ4v) is 3.70. The lowest BCUT2D eigenvalue weighted by Gasteiger charge is -2.26. The number of thiazole rings is 1. The van der Waals surface area contributed by atoms with Crippen molar-refractivity contribution in [2.24, 2.45) is 5.92 Å². The van der Waals surface area contributed by atoms with E-state index in [2.05, 4.69) is 44.8 Å². The minimum Gasteiger partial charge on any atom is -0.378 e. The highest BCUT2D eigenvalue weighted by atomic mass is 32.1. The van der Waals surface area contributed by atoms with Gasteiger partial charge in [-0.3, -0.25) is 0 Å². The second kappa shape index (κ2) is 7.07. The zero-order chi connectivity index (χ0) is 15.5. The smallest absolute Gasteiger partial charge is 0.186 e. The van der Waals surface area contributed by atoms with Crippen LogP contribution in [0.25, 0.3) is 0 Å². The normalized spacial score (nSPS) is 16.8. The van der Waals surface area contributed by atoms with Gasteiger partial charge in [0.25, 0.3) is 0 Å². The van der Waals surface area contributed by atoms with Crippen molar-refractivity contribution in [3.63, 3.8) is 0 Å². The van der Waals surface area contributed by atoms with Crippen molar-refractivity contribution in [3.05, 3.63) is 10.6 Å². The average molecular weight is 311 g/mol. The summed E-state index contributed by atoms with van der Waals surface area (Å²) in [6.45, 7) is 16.7. The van der Waals surface area contributed by atoms with Crippen molar-refractivity contribution >= 4 is 16.5 Å². The van der Waals surface area contributed by atoms with E-state index in [-0.39, 0.29) is 5.41 Å². The second-order valence-corrected chi connectivity index (χ2v) is 8.20. The molecule has 120 valence electrons. The third kappa shape index (κ3) is 4.66.